The third-order valence-electron chi connectivity index (χ3n) is 3.19. The number of morpholine rings is 1. The second-order valence-electron chi connectivity index (χ2n) is 4.42. The predicted molar refractivity (Wildman–Crippen MR) is 71.2 cm³/mol. The van der Waals surface area contributed by atoms with Gasteiger partial charge in [-0.25, -0.2) is 4.79 Å². The molecule has 1 aliphatic heterocycles. The zero-order valence-electron chi connectivity index (χ0n) is 10.9. The van der Waals surface area contributed by atoms with Crippen LogP contribution in [0.15, 0.2) is 18.2 Å². The average molecular weight is 295 g/mol. The fraction of sp³-hybridized carbons (Fsp3) is 0.333. The van der Waals surface area contributed by atoms with Crippen LogP contribution in [0.5, 0.6) is 0 Å². The van der Waals surface area contributed by atoms with Crippen LogP contribution in [0.25, 0.3) is 0 Å². The first-order chi connectivity index (χ1) is 9.93. The molecule has 2 rings (SSSR count). The van der Waals surface area contributed by atoms with Gasteiger partial charge in [0.15, 0.2) is 0 Å². The summed E-state index contributed by atoms with van der Waals surface area (Å²) < 4.78 is 5.14. The van der Waals surface area contributed by atoms with Crippen LogP contribution in [0.1, 0.15) is 10.4 Å². The molecule has 9 nitrogen and oxygen atoms in total. The van der Waals surface area contributed by atoms with Crippen LogP contribution < -0.4 is 10.6 Å². The van der Waals surface area contributed by atoms with Gasteiger partial charge in [-0.3, -0.25) is 14.9 Å². The maximum Gasteiger partial charge on any atom is 0.342 e. The molecule has 1 amide bonds. The van der Waals surface area contributed by atoms with Crippen molar-refractivity contribution in [2.75, 3.05) is 24.7 Å². The van der Waals surface area contributed by atoms with E-state index < -0.39 is 34.1 Å². The van der Waals surface area contributed by atoms with Crippen molar-refractivity contribution in [3.8, 4) is 0 Å². The second-order valence-corrected chi connectivity index (χ2v) is 4.42. The Bertz CT molecular complexity index is 603. The zero-order chi connectivity index (χ0) is 15.6. The Morgan fingerprint density at radius 2 is 2.19 bits per heavy atom. The van der Waals surface area contributed by atoms with E-state index in [0.29, 0.717) is 0 Å². The van der Waals surface area contributed by atoms with E-state index in [1.165, 1.54) is 17.0 Å². The number of carboxylic acids is 1. The van der Waals surface area contributed by atoms with Crippen molar-refractivity contribution in [2.24, 2.45) is 5.73 Å². The topological polar surface area (TPSA) is 136 Å². The Kier molecular flexibility index (Phi) is 4.03. The third kappa shape index (κ3) is 2.77. The molecule has 0 bridgehead atoms. The number of hydrogen-bond acceptors (Lipinski definition) is 6. The molecule has 1 heterocycles. The van der Waals surface area contributed by atoms with E-state index >= 15 is 0 Å². The summed E-state index contributed by atoms with van der Waals surface area (Å²) in [5, 5.41) is 20.3. The Balaban J connectivity index is 2.56. The van der Waals surface area contributed by atoms with Crippen molar-refractivity contribution in [1.82, 2.24) is 0 Å². The smallest absolute Gasteiger partial charge is 0.342 e. The quantitative estimate of drug-likeness (QED) is 0.588. The van der Waals surface area contributed by atoms with Crippen LogP contribution in [-0.2, 0) is 9.53 Å². The number of primary amides is 1. The summed E-state index contributed by atoms with van der Waals surface area (Å²) in [5.41, 5.74) is 4.33. The molecule has 1 saturated heterocycles. The molecule has 1 unspecified atom stereocenters. The molecule has 1 atom stereocenters. The van der Waals surface area contributed by atoms with Crippen LogP contribution in [0.3, 0.4) is 0 Å². The van der Waals surface area contributed by atoms with E-state index in [1.54, 1.807) is 0 Å². The number of nitrogens with zero attached hydrogens (tertiary/aromatic N) is 2. The third-order valence-corrected chi connectivity index (χ3v) is 3.19. The molecule has 3 N–H and O–H groups in total. The Labute approximate surface area is 119 Å². The van der Waals surface area contributed by atoms with Crippen LogP contribution in [-0.4, -0.2) is 47.7 Å². The zero-order valence-corrected chi connectivity index (χ0v) is 10.9. The van der Waals surface area contributed by atoms with Crippen LogP contribution in [0, 0.1) is 10.1 Å². The minimum atomic E-state index is -1.41. The molecule has 0 aromatic heterocycles. The lowest BCUT2D eigenvalue weighted by Crippen LogP contribution is -2.52. The van der Waals surface area contributed by atoms with Crippen molar-refractivity contribution in [3.63, 3.8) is 0 Å². The standard InChI is InChI=1S/C12H13N3O6/c13-11(16)9-6-21-5-4-14(9)8-3-1-2-7(12(17)18)10(8)15(19)20/h1-3,9H,4-6H2,(H2,13,16)(H,17,18). The number of nitrogens with two attached hydrogens (primary N) is 1. The number of nitro groups is 1. The van der Waals surface area contributed by atoms with Gasteiger partial charge in [-0.15, -0.1) is 0 Å². The van der Waals surface area contributed by atoms with E-state index in [9.17, 15) is 19.7 Å². The summed E-state index contributed by atoms with van der Waals surface area (Å²) >= 11 is 0. The number of amides is 1. The van der Waals surface area contributed by atoms with Crippen LogP contribution in [0.4, 0.5) is 11.4 Å². The van der Waals surface area contributed by atoms with Crippen molar-refractivity contribution < 1.29 is 24.4 Å². The number of nitro benzene ring substituents is 1. The van der Waals surface area contributed by atoms with Gasteiger partial charge >= 0.3 is 11.7 Å². The number of carbonyl (C=O) groups is 2. The van der Waals surface area contributed by atoms with Crippen molar-refractivity contribution >= 4 is 23.3 Å². The van der Waals surface area contributed by atoms with Gasteiger partial charge in [0.05, 0.1) is 18.1 Å². The highest BCUT2D eigenvalue weighted by Gasteiger charge is 2.34. The number of rotatable bonds is 4. The SMILES string of the molecule is NC(=O)C1COCCN1c1cccc(C(=O)O)c1[N+](=O)[O-]. The number of para-hydroxylation sites is 1. The lowest BCUT2D eigenvalue weighted by Gasteiger charge is -2.35. The minimum Gasteiger partial charge on any atom is -0.477 e. The van der Waals surface area contributed by atoms with Gasteiger partial charge in [0.25, 0.3) is 0 Å². The second kappa shape index (κ2) is 5.75. The van der Waals surface area contributed by atoms with Gasteiger partial charge in [0, 0.05) is 6.54 Å². The predicted octanol–water partition coefficient (Wildman–Crippen LogP) is -0.0165. The molecule has 0 aliphatic carbocycles. The summed E-state index contributed by atoms with van der Waals surface area (Å²) in [6.07, 6.45) is 0. The normalized spacial score (nSPS) is 18.3. The van der Waals surface area contributed by atoms with Gasteiger partial charge < -0.3 is 20.5 Å². The van der Waals surface area contributed by atoms with E-state index in [0.717, 1.165) is 6.07 Å². The number of benzene rings is 1. The van der Waals surface area contributed by atoms with Gasteiger partial charge in [-0.05, 0) is 12.1 Å². The first-order valence-electron chi connectivity index (χ1n) is 6.08. The molecule has 0 radical (unpaired) electrons. The van der Waals surface area contributed by atoms with Gasteiger partial charge in [0.1, 0.15) is 17.3 Å². The molecule has 0 saturated carbocycles. The lowest BCUT2D eigenvalue weighted by molar-refractivity contribution is -0.384. The summed E-state index contributed by atoms with van der Waals surface area (Å²) in [6, 6.07) is 3.05. The van der Waals surface area contributed by atoms with E-state index in [2.05, 4.69) is 0 Å². The Hall–Kier alpha value is -2.68. The van der Waals surface area contributed by atoms with E-state index in [-0.39, 0.29) is 25.4 Å². The van der Waals surface area contributed by atoms with Crippen molar-refractivity contribution in [3.05, 3.63) is 33.9 Å². The molecule has 1 fully saturated rings. The van der Waals surface area contributed by atoms with Crippen molar-refractivity contribution in [1.29, 1.82) is 0 Å². The first-order valence-corrected chi connectivity index (χ1v) is 6.08. The summed E-state index contributed by atoms with van der Waals surface area (Å²) in [6.45, 7) is 0.472. The monoisotopic (exact) mass is 295 g/mol. The molecule has 112 valence electrons. The highest BCUT2D eigenvalue weighted by atomic mass is 16.6. The first kappa shape index (κ1) is 14.7. The number of carboxylic acid groups (broad SMARTS) is 1. The minimum absolute atomic E-state index is 0.00376. The Morgan fingerprint density at radius 1 is 1.48 bits per heavy atom. The number of hydrogen-bond donors (Lipinski definition) is 2. The molecular formula is C12H13N3O6. The number of carbonyl (C=O) groups excluding carboxylic acids is 1. The maximum atomic E-state index is 11.5. The van der Waals surface area contributed by atoms with Gasteiger partial charge in [-0.1, -0.05) is 6.07 Å². The largest absolute Gasteiger partial charge is 0.477 e. The molecule has 9 heteroatoms. The number of anilines is 1. The molecule has 21 heavy (non-hydrogen) atoms. The van der Waals surface area contributed by atoms with Crippen LogP contribution in [0.2, 0.25) is 0 Å². The fourth-order valence-electron chi connectivity index (χ4n) is 2.26. The van der Waals surface area contributed by atoms with Crippen LogP contribution >= 0.6 is 0 Å². The van der Waals surface area contributed by atoms with Gasteiger partial charge in [0.2, 0.25) is 5.91 Å². The maximum absolute atomic E-state index is 11.5. The fourth-order valence-corrected chi connectivity index (χ4v) is 2.26. The number of ether oxygens (including phenoxy) is 1. The summed E-state index contributed by atoms with van der Waals surface area (Å²) in [4.78, 5) is 34.5. The van der Waals surface area contributed by atoms with E-state index in [4.69, 9.17) is 15.6 Å². The molecule has 1 aromatic rings. The Morgan fingerprint density at radius 3 is 2.76 bits per heavy atom. The molecule has 1 aliphatic rings. The highest BCUT2D eigenvalue weighted by Crippen LogP contribution is 2.33. The summed E-state index contributed by atoms with van der Waals surface area (Å²) in [7, 11) is 0. The average Bonchev–Trinajstić information content (AvgIpc) is 2.46. The summed E-state index contributed by atoms with van der Waals surface area (Å²) in [5.74, 6) is -2.10. The van der Waals surface area contributed by atoms with Gasteiger partial charge in [-0.2, -0.15) is 0 Å². The van der Waals surface area contributed by atoms with Crippen molar-refractivity contribution in [2.45, 2.75) is 6.04 Å². The molecular weight excluding hydrogens is 282 g/mol. The lowest BCUT2D eigenvalue weighted by atomic mass is 10.1. The molecule has 0 spiro atoms. The van der Waals surface area contributed by atoms with E-state index in [1.807, 2.05) is 0 Å². The molecule has 1 aromatic carbocycles. The number of aromatic carboxylic acids is 1. The highest BCUT2D eigenvalue weighted by molar-refractivity contribution is 5.96.